The van der Waals surface area contributed by atoms with Crippen LogP contribution in [0.4, 0.5) is 0 Å². The Morgan fingerprint density at radius 3 is 2.50 bits per heavy atom. The van der Waals surface area contributed by atoms with E-state index in [0.717, 1.165) is 12.3 Å². The van der Waals surface area contributed by atoms with Crippen molar-refractivity contribution in [2.75, 3.05) is 26.3 Å². The maximum atomic E-state index is 9.25. The van der Waals surface area contributed by atoms with Gasteiger partial charge in [0.2, 0.25) is 0 Å². The third-order valence-corrected chi connectivity index (χ3v) is 2.78. The van der Waals surface area contributed by atoms with E-state index in [4.69, 9.17) is 4.42 Å². The lowest BCUT2D eigenvalue weighted by Gasteiger charge is -2.31. The molecule has 1 aromatic heterocycles. The van der Waals surface area contributed by atoms with Crippen molar-refractivity contribution in [3.05, 3.63) is 24.2 Å². The predicted octanol–water partition coefficient (Wildman–Crippen LogP) is 1.09. The summed E-state index contributed by atoms with van der Waals surface area (Å²) in [5, 5.41) is 18.5. The van der Waals surface area contributed by atoms with Gasteiger partial charge in [0.15, 0.2) is 0 Å². The Hall–Kier alpha value is -0.840. The summed E-state index contributed by atoms with van der Waals surface area (Å²) in [6, 6.07) is 3.79. The van der Waals surface area contributed by atoms with Crippen LogP contribution < -0.4 is 0 Å². The molecule has 92 valence electrons. The van der Waals surface area contributed by atoms with E-state index in [1.807, 2.05) is 19.1 Å². The van der Waals surface area contributed by atoms with Gasteiger partial charge < -0.3 is 14.6 Å². The van der Waals surface area contributed by atoms with E-state index in [2.05, 4.69) is 11.8 Å². The van der Waals surface area contributed by atoms with Crippen molar-refractivity contribution in [1.29, 1.82) is 0 Å². The van der Waals surface area contributed by atoms with Crippen molar-refractivity contribution in [3.8, 4) is 0 Å². The minimum absolute atomic E-state index is 0.0157. The first-order chi connectivity index (χ1) is 7.63. The van der Waals surface area contributed by atoms with Gasteiger partial charge in [-0.1, -0.05) is 13.8 Å². The summed E-state index contributed by atoms with van der Waals surface area (Å²) < 4.78 is 5.28. The molecule has 1 aromatic rings. The van der Waals surface area contributed by atoms with Crippen LogP contribution in [0.5, 0.6) is 0 Å². The standard InChI is InChI=1S/C12H21NO3/c1-3-13(7-11-5-4-6-16-11)8-12(2,9-14)10-15/h4-6,14-15H,3,7-10H2,1-2H3. The van der Waals surface area contributed by atoms with E-state index in [1.54, 1.807) is 6.26 Å². The second-order valence-electron chi connectivity index (χ2n) is 4.51. The number of hydrogen-bond acceptors (Lipinski definition) is 4. The molecule has 0 fully saturated rings. The molecule has 1 rings (SSSR count). The van der Waals surface area contributed by atoms with Crippen molar-refractivity contribution < 1.29 is 14.6 Å². The highest BCUT2D eigenvalue weighted by molar-refractivity contribution is 4.98. The summed E-state index contributed by atoms with van der Waals surface area (Å²) in [6.07, 6.45) is 1.65. The SMILES string of the molecule is CCN(Cc1ccco1)CC(C)(CO)CO. The third-order valence-electron chi connectivity index (χ3n) is 2.78. The average molecular weight is 227 g/mol. The van der Waals surface area contributed by atoms with Crippen LogP contribution in [0.25, 0.3) is 0 Å². The summed E-state index contributed by atoms with van der Waals surface area (Å²) >= 11 is 0. The Morgan fingerprint density at radius 2 is 2.06 bits per heavy atom. The first-order valence-corrected chi connectivity index (χ1v) is 5.60. The molecule has 0 radical (unpaired) electrons. The summed E-state index contributed by atoms with van der Waals surface area (Å²) in [6.45, 7) is 6.11. The fraction of sp³-hybridized carbons (Fsp3) is 0.667. The molecule has 0 saturated carbocycles. The summed E-state index contributed by atoms with van der Waals surface area (Å²) in [5.74, 6) is 0.903. The quantitative estimate of drug-likeness (QED) is 0.732. The minimum Gasteiger partial charge on any atom is -0.468 e. The van der Waals surface area contributed by atoms with Gasteiger partial charge in [-0.25, -0.2) is 0 Å². The van der Waals surface area contributed by atoms with Gasteiger partial charge in [-0.3, -0.25) is 4.90 Å². The molecule has 4 heteroatoms. The summed E-state index contributed by atoms with van der Waals surface area (Å²) in [7, 11) is 0. The van der Waals surface area contributed by atoms with Gasteiger partial charge in [0.1, 0.15) is 5.76 Å². The fourth-order valence-corrected chi connectivity index (χ4v) is 1.59. The lowest BCUT2D eigenvalue weighted by atomic mass is 9.92. The fourth-order valence-electron chi connectivity index (χ4n) is 1.59. The van der Waals surface area contributed by atoms with Gasteiger partial charge in [-0.15, -0.1) is 0 Å². The number of aliphatic hydroxyl groups is 2. The van der Waals surface area contributed by atoms with Gasteiger partial charge in [-0.2, -0.15) is 0 Å². The highest BCUT2D eigenvalue weighted by Gasteiger charge is 2.25. The Labute approximate surface area is 96.5 Å². The van der Waals surface area contributed by atoms with Crippen LogP contribution in [-0.4, -0.2) is 41.4 Å². The van der Waals surface area contributed by atoms with Crippen LogP contribution in [-0.2, 0) is 6.54 Å². The lowest BCUT2D eigenvalue weighted by molar-refractivity contribution is 0.0325. The zero-order chi connectivity index (χ0) is 12.0. The molecule has 0 atom stereocenters. The Bertz CT molecular complexity index is 280. The molecule has 16 heavy (non-hydrogen) atoms. The van der Waals surface area contributed by atoms with Gasteiger partial charge in [0, 0.05) is 12.0 Å². The second-order valence-corrected chi connectivity index (χ2v) is 4.51. The second kappa shape index (κ2) is 6.03. The van der Waals surface area contributed by atoms with Crippen molar-refractivity contribution in [3.63, 3.8) is 0 Å². The van der Waals surface area contributed by atoms with Gasteiger partial charge >= 0.3 is 0 Å². The molecule has 2 N–H and O–H groups in total. The number of nitrogens with zero attached hydrogens (tertiary/aromatic N) is 1. The molecular weight excluding hydrogens is 206 g/mol. The average Bonchev–Trinajstić information content (AvgIpc) is 2.80. The first-order valence-electron chi connectivity index (χ1n) is 5.60. The van der Waals surface area contributed by atoms with Crippen molar-refractivity contribution in [1.82, 2.24) is 4.90 Å². The van der Waals surface area contributed by atoms with Gasteiger partial charge in [0.05, 0.1) is 26.0 Å². The topological polar surface area (TPSA) is 56.8 Å². The molecule has 0 aliphatic rings. The lowest BCUT2D eigenvalue weighted by Crippen LogP contribution is -2.40. The molecule has 1 heterocycles. The molecule has 0 unspecified atom stereocenters. The van der Waals surface area contributed by atoms with E-state index in [9.17, 15) is 10.2 Å². The van der Waals surface area contributed by atoms with Crippen LogP contribution in [0.3, 0.4) is 0 Å². The molecule has 0 amide bonds. The molecule has 0 bridgehead atoms. The van der Waals surface area contributed by atoms with Gasteiger partial charge in [-0.05, 0) is 18.7 Å². The highest BCUT2D eigenvalue weighted by Crippen LogP contribution is 2.17. The van der Waals surface area contributed by atoms with E-state index in [1.165, 1.54) is 0 Å². The van der Waals surface area contributed by atoms with Crippen LogP contribution >= 0.6 is 0 Å². The van der Waals surface area contributed by atoms with Crippen molar-refractivity contribution in [2.45, 2.75) is 20.4 Å². The van der Waals surface area contributed by atoms with E-state index in [0.29, 0.717) is 13.1 Å². The van der Waals surface area contributed by atoms with E-state index in [-0.39, 0.29) is 13.2 Å². The first kappa shape index (κ1) is 13.2. The third kappa shape index (κ3) is 3.63. The van der Waals surface area contributed by atoms with Crippen LogP contribution in [0.1, 0.15) is 19.6 Å². The number of rotatable bonds is 7. The Morgan fingerprint density at radius 1 is 1.38 bits per heavy atom. The largest absolute Gasteiger partial charge is 0.468 e. The number of furan rings is 1. The minimum atomic E-state index is -0.456. The normalized spacial score (nSPS) is 12.3. The molecular formula is C12H21NO3. The summed E-state index contributed by atoms with van der Waals surface area (Å²) in [4.78, 5) is 2.14. The smallest absolute Gasteiger partial charge is 0.117 e. The van der Waals surface area contributed by atoms with Crippen LogP contribution in [0, 0.1) is 5.41 Å². The van der Waals surface area contributed by atoms with Crippen LogP contribution in [0.2, 0.25) is 0 Å². The molecule has 0 aliphatic carbocycles. The predicted molar refractivity (Wildman–Crippen MR) is 61.9 cm³/mol. The maximum absolute atomic E-state index is 9.25. The maximum Gasteiger partial charge on any atom is 0.117 e. The van der Waals surface area contributed by atoms with E-state index < -0.39 is 5.41 Å². The van der Waals surface area contributed by atoms with Crippen molar-refractivity contribution >= 4 is 0 Å². The number of aliphatic hydroxyl groups excluding tert-OH is 2. The molecule has 0 saturated heterocycles. The van der Waals surface area contributed by atoms with Crippen LogP contribution in [0.15, 0.2) is 22.8 Å². The Kier molecular flexibility index (Phi) is 4.99. The van der Waals surface area contributed by atoms with Gasteiger partial charge in [0.25, 0.3) is 0 Å². The highest BCUT2D eigenvalue weighted by atomic mass is 16.3. The molecule has 0 aromatic carbocycles. The number of hydrogen-bond donors (Lipinski definition) is 2. The molecule has 0 aliphatic heterocycles. The zero-order valence-electron chi connectivity index (χ0n) is 10.0. The molecule has 4 nitrogen and oxygen atoms in total. The molecule has 0 spiro atoms. The Balaban J connectivity index is 2.55. The van der Waals surface area contributed by atoms with E-state index >= 15 is 0 Å². The van der Waals surface area contributed by atoms with Crippen molar-refractivity contribution in [2.24, 2.45) is 5.41 Å². The summed E-state index contributed by atoms with van der Waals surface area (Å²) in [5.41, 5.74) is -0.456. The zero-order valence-corrected chi connectivity index (χ0v) is 10.0. The monoisotopic (exact) mass is 227 g/mol.